The average Bonchev–Trinajstić information content (AvgIpc) is 2.57. The molecular weight excluding hydrogens is 387 g/mol. The summed E-state index contributed by atoms with van der Waals surface area (Å²) in [7, 11) is 0. The minimum atomic E-state index is -1.08. The normalized spacial score (nSPS) is 16.4. The number of nitrogens with zero attached hydrogens (tertiary/aromatic N) is 2. The molecule has 1 heterocycles. The Morgan fingerprint density at radius 1 is 1.35 bits per heavy atom. The number of amides is 1. The second-order valence-corrected chi connectivity index (χ2v) is 6.61. The molecule has 7 heteroatoms. The number of halogens is 3. The molecule has 0 bridgehead atoms. The van der Waals surface area contributed by atoms with Gasteiger partial charge in [-0.2, -0.15) is 0 Å². The van der Waals surface area contributed by atoms with Crippen molar-refractivity contribution < 1.29 is 13.9 Å². The van der Waals surface area contributed by atoms with E-state index < -0.39 is 6.17 Å². The van der Waals surface area contributed by atoms with E-state index in [0.717, 1.165) is 5.69 Å². The zero-order valence-electron chi connectivity index (χ0n) is 13.3. The number of carbonyl (C=O) groups is 1. The fourth-order valence-corrected chi connectivity index (χ4v) is 3.28. The van der Waals surface area contributed by atoms with E-state index in [4.69, 9.17) is 16.3 Å². The number of carbonyl (C=O) groups excluding carboxylic acids is 1. The maximum atomic E-state index is 14.1. The lowest BCUT2D eigenvalue weighted by atomic mass is 10.1. The highest BCUT2D eigenvalue weighted by molar-refractivity contribution is 9.10. The quantitative estimate of drug-likeness (QED) is 0.718. The lowest BCUT2D eigenvalue weighted by molar-refractivity contribution is 0.105. The van der Waals surface area contributed by atoms with Gasteiger partial charge in [-0.25, -0.2) is 9.18 Å². The van der Waals surface area contributed by atoms with E-state index in [1.807, 2.05) is 6.07 Å². The number of piperazine rings is 1. The van der Waals surface area contributed by atoms with E-state index in [1.54, 1.807) is 24.8 Å². The highest BCUT2D eigenvalue weighted by Crippen LogP contribution is 2.37. The first-order chi connectivity index (χ1) is 11.0. The molecule has 0 saturated carbocycles. The van der Waals surface area contributed by atoms with Crippen LogP contribution in [0.15, 0.2) is 16.6 Å². The summed E-state index contributed by atoms with van der Waals surface area (Å²) in [6, 6.07) is 3.70. The van der Waals surface area contributed by atoms with Gasteiger partial charge in [-0.05, 0) is 41.4 Å². The van der Waals surface area contributed by atoms with Crippen molar-refractivity contribution in [3.8, 4) is 0 Å². The molecule has 1 amide bonds. The predicted molar refractivity (Wildman–Crippen MR) is 94.1 cm³/mol. The van der Waals surface area contributed by atoms with Gasteiger partial charge in [0.15, 0.2) is 0 Å². The van der Waals surface area contributed by atoms with E-state index in [9.17, 15) is 9.18 Å². The maximum Gasteiger partial charge on any atom is 0.409 e. The molecule has 1 aromatic carbocycles. The maximum absolute atomic E-state index is 14.1. The molecule has 4 nitrogen and oxygen atoms in total. The van der Waals surface area contributed by atoms with Crippen LogP contribution in [-0.2, 0) is 4.74 Å². The summed E-state index contributed by atoms with van der Waals surface area (Å²) in [4.78, 5) is 15.6. The van der Waals surface area contributed by atoms with E-state index in [0.29, 0.717) is 54.3 Å². The Bertz CT molecular complexity index is 565. The van der Waals surface area contributed by atoms with Crippen LogP contribution in [0.2, 0.25) is 5.02 Å². The van der Waals surface area contributed by atoms with Gasteiger partial charge < -0.3 is 14.5 Å². The van der Waals surface area contributed by atoms with Gasteiger partial charge in [0.05, 0.1) is 11.6 Å². The van der Waals surface area contributed by atoms with Gasteiger partial charge in [0.1, 0.15) is 6.17 Å². The average molecular weight is 408 g/mol. The number of hydrogen-bond acceptors (Lipinski definition) is 3. The highest BCUT2D eigenvalue weighted by Gasteiger charge is 2.24. The molecule has 2 rings (SSSR count). The predicted octanol–water partition coefficient (Wildman–Crippen LogP) is 4.80. The van der Waals surface area contributed by atoms with Crippen molar-refractivity contribution in [2.45, 2.75) is 26.4 Å². The number of rotatable bonds is 4. The lowest BCUT2D eigenvalue weighted by Gasteiger charge is -2.35. The Labute approximate surface area is 149 Å². The van der Waals surface area contributed by atoms with Crippen molar-refractivity contribution in [1.82, 2.24) is 4.90 Å². The molecule has 23 heavy (non-hydrogen) atoms. The number of benzene rings is 1. The first-order valence-corrected chi connectivity index (χ1v) is 8.94. The van der Waals surface area contributed by atoms with Gasteiger partial charge in [-0.3, -0.25) is 0 Å². The fourth-order valence-electron chi connectivity index (χ4n) is 2.59. The van der Waals surface area contributed by atoms with Crippen molar-refractivity contribution in [2.75, 3.05) is 37.7 Å². The topological polar surface area (TPSA) is 32.8 Å². The van der Waals surface area contributed by atoms with Crippen LogP contribution in [0.25, 0.3) is 0 Å². The first kappa shape index (κ1) is 18.3. The molecule has 1 saturated heterocycles. The second kappa shape index (κ2) is 8.20. The highest BCUT2D eigenvalue weighted by atomic mass is 79.9. The monoisotopic (exact) mass is 406 g/mol. The van der Waals surface area contributed by atoms with Gasteiger partial charge in [-0.1, -0.05) is 18.5 Å². The van der Waals surface area contributed by atoms with Crippen LogP contribution in [-0.4, -0.2) is 43.8 Å². The number of alkyl halides is 1. The summed E-state index contributed by atoms with van der Waals surface area (Å²) in [5.74, 6) is 0. The molecular formula is C16H21BrClFN2O2. The third-order valence-corrected chi connectivity index (χ3v) is 5.18. The van der Waals surface area contributed by atoms with Crippen LogP contribution in [0.1, 0.15) is 32.0 Å². The number of hydrogen-bond donors (Lipinski definition) is 0. The van der Waals surface area contributed by atoms with Crippen molar-refractivity contribution >= 4 is 39.3 Å². The second-order valence-electron chi connectivity index (χ2n) is 5.38. The Balaban J connectivity index is 2.12. The van der Waals surface area contributed by atoms with Gasteiger partial charge in [0.2, 0.25) is 0 Å². The third kappa shape index (κ3) is 4.29. The minimum Gasteiger partial charge on any atom is -0.450 e. The Morgan fingerprint density at radius 2 is 2.00 bits per heavy atom. The number of anilines is 1. The summed E-state index contributed by atoms with van der Waals surface area (Å²) in [5.41, 5.74) is 1.42. The first-order valence-electron chi connectivity index (χ1n) is 7.77. The molecule has 128 valence electrons. The van der Waals surface area contributed by atoms with Gasteiger partial charge >= 0.3 is 6.09 Å². The molecule has 1 aromatic rings. The summed E-state index contributed by atoms with van der Waals surface area (Å²) in [6.45, 7) is 6.48. The van der Waals surface area contributed by atoms with E-state index in [2.05, 4.69) is 20.8 Å². The lowest BCUT2D eigenvalue weighted by Crippen LogP contribution is -2.49. The summed E-state index contributed by atoms with van der Waals surface area (Å²) in [6.07, 6.45) is -0.980. The van der Waals surface area contributed by atoms with Crippen LogP contribution in [0.5, 0.6) is 0 Å². The summed E-state index contributed by atoms with van der Waals surface area (Å²) < 4.78 is 19.8. The zero-order chi connectivity index (χ0) is 17.0. The van der Waals surface area contributed by atoms with E-state index in [-0.39, 0.29) is 6.09 Å². The number of ether oxygens (including phenoxy) is 1. The molecule has 0 spiro atoms. The van der Waals surface area contributed by atoms with Gasteiger partial charge in [0, 0.05) is 41.9 Å². The zero-order valence-corrected chi connectivity index (χ0v) is 15.7. The van der Waals surface area contributed by atoms with Crippen LogP contribution in [0, 0.1) is 0 Å². The molecule has 1 aliphatic rings. The molecule has 0 radical (unpaired) electrons. The summed E-state index contributed by atoms with van der Waals surface area (Å²) in [5, 5.41) is 0.424. The Hall–Kier alpha value is -1.01. The largest absolute Gasteiger partial charge is 0.450 e. The third-order valence-electron chi connectivity index (χ3n) is 3.91. The van der Waals surface area contributed by atoms with Crippen molar-refractivity contribution in [1.29, 1.82) is 0 Å². The van der Waals surface area contributed by atoms with E-state index >= 15 is 0 Å². The van der Waals surface area contributed by atoms with Crippen LogP contribution in [0.4, 0.5) is 14.9 Å². The van der Waals surface area contributed by atoms with Crippen LogP contribution >= 0.6 is 27.5 Å². The SMILES string of the molecule is CCOC(=O)N1CCN(c2cc(Br)c(Cl)c(C(F)CC)c2)CC1. The molecule has 0 N–H and O–H groups in total. The molecule has 0 aliphatic carbocycles. The van der Waals surface area contributed by atoms with Crippen LogP contribution in [0.3, 0.4) is 0 Å². The van der Waals surface area contributed by atoms with Crippen molar-refractivity contribution in [3.63, 3.8) is 0 Å². The minimum absolute atomic E-state index is 0.278. The van der Waals surface area contributed by atoms with Gasteiger partial charge in [-0.15, -0.1) is 0 Å². The smallest absolute Gasteiger partial charge is 0.409 e. The van der Waals surface area contributed by atoms with Gasteiger partial charge in [0.25, 0.3) is 0 Å². The Kier molecular flexibility index (Phi) is 6.53. The summed E-state index contributed by atoms with van der Waals surface area (Å²) >= 11 is 9.61. The van der Waals surface area contributed by atoms with Crippen LogP contribution < -0.4 is 4.90 Å². The molecule has 1 aliphatic heterocycles. The standard InChI is InChI=1S/C16H21BrClFN2O2/c1-3-14(19)12-9-11(10-13(17)15(12)18)20-5-7-21(8-6-20)16(22)23-4-2/h9-10,14H,3-8H2,1-2H3. The molecule has 1 fully saturated rings. The molecule has 0 aromatic heterocycles. The van der Waals surface area contributed by atoms with Crippen molar-refractivity contribution in [2.24, 2.45) is 0 Å². The molecule has 1 atom stereocenters. The van der Waals surface area contributed by atoms with E-state index in [1.165, 1.54) is 0 Å². The molecule has 1 unspecified atom stereocenters. The van der Waals surface area contributed by atoms with Crippen molar-refractivity contribution in [3.05, 3.63) is 27.2 Å². The Morgan fingerprint density at radius 3 is 2.57 bits per heavy atom. The fraction of sp³-hybridized carbons (Fsp3) is 0.562.